The van der Waals surface area contributed by atoms with Crippen molar-refractivity contribution in [2.24, 2.45) is 5.92 Å². The van der Waals surface area contributed by atoms with E-state index in [2.05, 4.69) is 5.32 Å². The van der Waals surface area contributed by atoms with Crippen LogP contribution in [-0.4, -0.2) is 34.8 Å². The monoisotopic (exact) mass is 322 g/mol. The number of hydrogen-bond acceptors (Lipinski definition) is 5. The molecule has 7 heteroatoms. The van der Waals surface area contributed by atoms with Crippen LogP contribution in [0, 0.1) is 5.92 Å². The molecule has 1 heterocycles. The number of hydroxylamine groups is 2. The fourth-order valence-corrected chi connectivity index (χ4v) is 2.83. The van der Waals surface area contributed by atoms with Crippen molar-refractivity contribution in [3.63, 3.8) is 0 Å². The predicted molar refractivity (Wildman–Crippen MR) is 80.5 cm³/mol. The van der Waals surface area contributed by atoms with Gasteiger partial charge in [-0.25, -0.2) is 4.79 Å². The molecule has 2 rings (SSSR count). The van der Waals surface area contributed by atoms with E-state index in [0.717, 1.165) is 19.3 Å². The van der Waals surface area contributed by atoms with Gasteiger partial charge in [0.15, 0.2) is 0 Å². The number of amides is 3. The Bertz CT molecular complexity index is 513. The van der Waals surface area contributed by atoms with Gasteiger partial charge in [-0.05, 0) is 31.8 Å². The number of allylic oxidation sites excluding steroid dienone is 1. The van der Waals surface area contributed by atoms with Crippen LogP contribution in [0.15, 0.2) is 12.2 Å². The average molecular weight is 322 g/mol. The lowest BCUT2D eigenvalue weighted by atomic mass is 9.86. The maximum atomic E-state index is 12.2. The van der Waals surface area contributed by atoms with Gasteiger partial charge in [0, 0.05) is 18.9 Å². The summed E-state index contributed by atoms with van der Waals surface area (Å²) in [6, 6.07) is -0.0970. The Kier molecular flexibility index (Phi) is 5.90. The van der Waals surface area contributed by atoms with Crippen LogP contribution in [0.3, 0.4) is 0 Å². The summed E-state index contributed by atoms with van der Waals surface area (Å²) in [6.45, 7) is 1.94. The van der Waals surface area contributed by atoms with Crippen molar-refractivity contribution >= 4 is 23.7 Å². The average Bonchev–Trinajstić information content (AvgIpc) is 2.85. The van der Waals surface area contributed by atoms with Crippen LogP contribution in [0.25, 0.3) is 0 Å². The highest BCUT2D eigenvalue weighted by molar-refractivity contribution is 6.01. The van der Waals surface area contributed by atoms with Crippen molar-refractivity contribution in [1.82, 2.24) is 10.4 Å². The summed E-state index contributed by atoms with van der Waals surface area (Å²) < 4.78 is 0. The van der Waals surface area contributed by atoms with E-state index in [1.54, 1.807) is 6.08 Å². The Morgan fingerprint density at radius 1 is 1.26 bits per heavy atom. The van der Waals surface area contributed by atoms with Crippen molar-refractivity contribution in [3.8, 4) is 0 Å². The largest absolute Gasteiger partial charge is 0.350 e. The normalized spacial score (nSPS) is 25.0. The molecule has 1 saturated heterocycles. The van der Waals surface area contributed by atoms with Crippen LogP contribution in [0.4, 0.5) is 0 Å². The van der Waals surface area contributed by atoms with Gasteiger partial charge >= 0.3 is 5.97 Å². The highest BCUT2D eigenvalue weighted by Gasteiger charge is 2.36. The van der Waals surface area contributed by atoms with Crippen LogP contribution in [0.2, 0.25) is 0 Å². The molecule has 2 aliphatic rings. The minimum Gasteiger partial charge on any atom is -0.350 e. The number of nitrogens with zero attached hydrogens (tertiary/aromatic N) is 1. The molecule has 0 bridgehead atoms. The molecule has 7 nitrogen and oxygen atoms in total. The molecule has 0 radical (unpaired) electrons. The number of nitrogens with one attached hydrogen (secondary N) is 1. The SMILES string of the molecule is CC/C=C\C(=O)NC1CCCC(C(=O)ON2C(=O)CCC2=O)C1. The Morgan fingerprint density at radius 3 is 2.61 bits per heavy atom. The highest BCUT2D eigenvalue weighted by atomic mass is 16.7. The van der Waals surface area contributed by atoms with Crippen molar-refractivity contribution in [3.05, 3.63) is 12.2 Å². The molecule has 3 amide bonds. The Morgan fingerprint density at radius 2 is 1.96 bits per heavy atom. The van der Waals surface area contributed by atoms with Crippen LogP contribution in [-0.2, 0) is 24.0 Å². The molecule has 126 valence electrons. The summed E-state index contributed by atoms with van der Waals surface area (Å²) in [5.74, 6) is -2.11. The summed E-state index contributed by atoms with van der Waals surface area (Å²) in [5, 5.41) is 3.45. The quantitative estimate of drug-likeness (QED) is 0.607. The molecule has 2 fully saturated rings. The first-order valence-electron chi connectivity index (χ1n) is 8.06. The molecule has 0 spiro atoms. The Balaban J connectivity index is 1.86. The summed E-state index contributed by atoms with van der Waals surface area (Å²) in [7, 11) is 0. The van der Waals surface area contributed by atoms with Crippen LogP contribution >= 0.6 is 0 Å². The molecule has 2 atom stereocenters. The van der Waals surface area contributed by atoms with Gasteiger partial charge in [0.1, 0.15) is 0 Å². The van der Waals surface area contributed by atoms with Gasteiger partial charge < -0.3 is 10.2 Å². The van der Waals surface area contributed by atoms with Gasteiger partial charge in [-0.15, -0.1) is 5.06 Å². The maximum absolute atomic E-state index is 12.2. The number of carbonyl (C=O) groups is 4. The third-order valence-electron chi connectivity index (χ3n) is 4.05. The molecule has 1 aliphatic carbocycles. The third kappa shape index (κ3) is 4.64. The lowest BCUT2D eigenvalue weighted by Crippen LogP contribution is -2.41. The second-order valence-corrected chi connectivity index (χ2v) is 5.87. The summed E-state index contributed by atoms with van der Waals surface area (Å²) >= 11 is 0. The molecule has 1 N–H and O–H groups in total. The zero-order chi connectivity index (χ0) is 16.8. The Hall–Kier alpha value is -2.18. The summed E-state index contributed by atoms with van der Waals surface area (Å²) in [5.41, 5.74) is 0. The van der Waals surface area contributed by atoms with Gasteiger partial charge in [0.25, 0.3) is 11.8 Å². The first kappa shape index (κ1) is 17.2. The minimum atomic E-state index is -0.573. The number of carbonyl (C=O) groups excluding carboxylic acids is 4. The van der Waals surface area contributed by atoms with E-state index in [4.69, 9.17) is 4.84 Å². The summed E-state index contributed by atoms with van der Waals surface area (Å²) in [4.78, 5) is 51.8. The van der Waals surface area contributed by atoms with E-state index >= 15 is 0 Å². The fourth-order valence-electron chi connectivity index (χ4n) is 2.83. The van der Waals surface area contributed by atoms with E-state index in [-0.39, 0.29) is 24.8 Å². The van der Waals surface area contributed by atoms with Crippen molar-refractivity contribution in [2.75, 3.05) is 0 Å². The minimum absolute atomic E-state index is 0.0826. The van der Waals surface area contributed by atoms with Crippen LogP contribution in [0.1, 0.15) is 51.9 Å². The van der Waals surface area contributed by atoms with Gasteiger partial charge in [0.2, 0.25) is 5.91 Å². The van der Waals surface area contributed by atoms with E-state index in [1.807, 2.05) is 6.92 Å². The standard InChI is InChI=1S/C16H22N2O5/c1-2-3-7-13(19)17-12-6-4-5-11(10-12)16(22)23-18-14(20)8-9-15(18)21/h3,7,11-12H,2,4-6,8-10H2,1H3,(H,17,19)/b7-3-. The Labute approximate surface area is 135 Å². The van der Waals surface area contributed by atoms with E-state index < -0.39 is 23.7 Å². The van der Waals surface area contributed by atoms with E-state index in [9.17, 15) is 19.2 Å². The van der Waals surface area contributed by atoms with Gasteiger partial charge in [0.05, 0.1) is 5.92 Å². The molecule has 0 aromatic heterocycles. The summed E-state index contributed by atoms with van der Waals surface area (Å²) in [6.07, 6.45) is 6.88. The highest BCUT2D eigenvalue weighted by Crippen LogP contribution is 2.26. The first-order chi connectivity index (χ1) is 11.0. The van der Waals surface area contributed by atoms with Crippen molar-refractivity contribution in [1.29, 1.82) is 0 Å². The van der Waals surface area contributed by atoms with Crippen molar-refractivity contribution < 1.29 is 24.0 Å². The second-order valence-electron chi connectivity index (χ2n) is 5.87. The molecule has 2 unspecified atom stereocenters. The molecule has 0 aromatic carbocycles. The number of hydrogen-bond donors (Lipinski definition) is 1. The van der Waals surface area contributed by atoms with Crippen LogP contribution < -0.4 is 5.32 Å². The second kappa shape index (κ2) is 7.89. The lowest BCUT2D eigenvalue weighted by Gasteiger charge is -2.28. The zero-order valence-electron chi connectivity index (χ0n) is 13.2. The van der Waals surface area contributed by atoms with Gasteiger partial charge in [-0.2, -0.15) is 0 Å². The molecule has 1 saturated carbocycles. The molecule has 0 aromatic rings. The van der Waals surface area contributed by atoms with Crippen molar-refractivity contribution in [2.45, 2.75) is 57.9 Å². The maximum Gasteiger partial charge on any atom is 0.336 e. The van der Waals surface area contributed by atoms with Gasteiger partial charge in [-0.3, -0.25) is 14.4 Å². The van der Waals surface area contributed by atoms with Crippen LogP contribution in [0.5, 0.6) is 0 Å². The molecule has 23 heavy (non-hydrogen) atoms. The van der Waals surface area contributed by atoms with E-state index in [1.165, 1.54) is 6.08 Å². The molecular weight excluding hydrogens is 300 g/mol. The van der Waals surface area contributed by atoms with E-state index in [0.29, 0.717) is 17.9 Å². The molecule has 1 aliphatic heterocycles. The third-order valence-corrected chi connectivity index (χ3v) is 4.05. The number of imide groups is 1. The van der Waals surface area contributed by atoms with Gasteiger partial charge in [-0.1, -0.05) is 19.4 Å². The predicted octanol–water partition coefficient (Wildman–Crippen LogP) is 1.23. The number of rotatable bonds is 5. The fraction of sp³-hybridized carbons (Fsp3) is 0.625. The zero-order valence-corrected chi connectivity index (χ0v) is 13.2. The first-order valence-corrected chi connectivity index (χ1v) is 8.06. The smallest absolute Gasteiger partial charge is 0.336 e. The molecular formula is C16H22N2O5. The lowest BCUT2D eigenvalue weighted by molar-refractivity contribution is -0.201. The topological polar surface area (TPSA) is 92.8 Å².